The molecule has 0 spiro atoms. The summed E-state index contributed by atoms with van der Waals surface area (Å²) >= 11 is 1.58. The molecule has 0 radical (unpaired) electrons. The first-order valence-corrected chi connectivity index (χ1v) is 8.60. The molecular formula is C13H16N2O3S2. The molecule has 0 atom stereocenters. The van der Waals surface area contributed by atoms with Crippen molar-refractivity contribution in [1.29, 1.82) is 0 Å². The molecule has 0 amide bonds. The van der Waals surface area contributed by atoms with Crippen LogP contribution in [0.2, 0.25) is 0 Å². The zero-order valence-electron chi connectivity index (χ0n) is 11.5. The Kier molecular flexibility index (Phi) is 4.39. The van der Waals surface area contributed by atoms with Crippen LogP contribution >= 0.6 is 11.8 Å². The fourth-order valence-corrected chi connectivity index (χ4v) is 4.12. The maximum atomic E-state index is 12.4. The summed E-state index contributed by atoms with van der Waals surface area (Å²) in [5, 5.41) is 3.68. The molecule has 1 aromatic heterocycles. The molecule has 0 unspecified atom stereocenters. The molecule has 2 aromatic rings. The smallest absolute Gasteiger partial charge is 0.267 e. The normalized spacial score (nSPS) is 11.6. The maximum Gasteiger partial charge on any atom is 0.267 e. The van der Waals surface area contributed by atoms with Crippen molar-refractivity contribution < 1.29 is 12.9 Å². The summed E-state index contributed by atoms with van der Waals surface area (Å²) in [6.45, 7) is 5.21. The molecule has 0 fully saturated rings. The summed E-state index contributed by atoms with van der Waals surface area (Å²) in [5.41, 5.74) is 0.926. The third-order valence-corrected chi connectivity index (χ3v) is 5.23. The Bertz CT molecular complexity index is 689. The average molecular weight is 312 g/mol. The summed E-state index contributed by atoms with van der Waals surface area (Å²) < 4.78 is 32.4. The van der Waals surface area contributed by atoms with Gasteiger partial charge in [-0.3, -0.25) is 4.72 Å². The van der Waals surface area contributed by atoms with Crippen molar-refractivity contribution in [3.8, 4) is 0 Å². The van der Waals surface area contributed by atoms with Gasteiger partial charge in [0.15, 0.2) is 10.7 Å². The first kappa shape index (κ1) is 14.9. The number of nitrogens with zero attached hydrogens (tertiary/aromatic N) is 1. The lowest BCUT2D eigenvalue weighted by atomic mass is 10.3. The summed E-state index contributed by atoms with van der Waals surface area (Å²) in [6.07, 6.45) is 0. The van der Waals surface area contributed by atoms with Gasteiger partial charge in [0.25, 0.3) is 10.0 Å². The molecule has 2 rings (SSSR count). The van der Waals surface area contributed by atoms with Gasteiger partial charge >= 0.3 is 0 Å². The first-order chi connectivity index (χ1) is 9.45. The quantitative estimate of drug-likeness (QED) is 0.858. The fraction of sp³-hybridized carbons (Fsp3) is 0.308. The number of hydrogen-bond acceptors (Lipinski definition) is 5. The number of nitrogens with one attached hydrogen (secondary N) is 1. The minimum atomic E-state index is -3.69. The molecule has 0 saturated carbocycles. The highest BCUT2D eigenvalue weighted by molar-refractivity contribution is 7.99. The SMILES string of the molecule is CCSc1ccccc1NS(=O)(=O)c1c(C)noc1C. The predicted octanol–water partition coefficient (Wildman–Crippen LogP) is 3.20. The van der Waals surface area contributed by atoms with Crippen LogP contribution in [0.5, 0.6) is 0 Å². The van der Waals surface area contributed by atoms with Gasteiger partial charge in [0, 0.05) is 4.90 Å². The van der Waals surface area contributed by atoms with Crippen LogP contribution < -0.4 is 4.72 Å². The van der Waals surface area contributed by atoms with E-state index < -0.39 is 10.0 Å². The Balaban J connectivity index is 2.39. The fourth-order valence-electron chi connectivity index (χ4n) is 1.89. The summed E-state index contributed by atoms with van der Waals surface area (Å²) in [4.78, 5) is 0.999. The van der Waals surface area contributed by atoms with E-state index in [0.717, 1.165) is 10.6 Å². The molecule has 1 N–H and O–H groups in total. The zero-order chi connectivity index (χ0) is 14.8. The van der Waals surface area contributed by atoms with Gasteiger partial charge in [-0.25, -0.2) is 8.42 Å². The second kappa shape index (κ2) is 5.88. The van der Waals surface area contributed by atoms with Gasteiger partial charge in [-0.05, 0) is 31.7 Å². The van der Waals surface area contributed by atoms with E-state index in [1.165, 1.54) is 0 Å². The van der Waals surface area contributed by atoms with E-state index in [-0.39, 0.29) is 10.7 Å². The molecule has 0 aliphatic carbocycles. The second-order valence-electron chi connectivity index (χ2n) is 4.19. The lowest BCUT2D eigenvalue weighted by Gasteiger charge is -2.11. The van der Waals surface area contributed by atoms with Crippen molar-refractivity contribution in [2.24, 2.45) is 0 Å². The molecule has 0 saturated heterocycles. The van der Waals surface area contributed by atoms with Crippen LogP contribution in [0.1, 0.15) is 18.4 Å². The van der Waals surface area contributed by atoms with Gasteiger partial charge in [-0.15, -0.1) is 11.8 Å². The number of hydrogen-bond donors (Lipinski definition) is 1. The van der Waals surface area contributed by atoms with Crippen LogP contribution in [0.25, 0.3) is 0 Å². The highest BCUT2D eigenvalue weighted by Crippen LogP contribution is 2.29. The van der Waals surface area contributed by atoms with E-state index >= 15 is 0 Å². The standard InChI is InChI=1S/C13H16N2O3S2/c1-4-19-12-8-6-5-7-11(12)15-20(16,17)13-9(2)14-18-10(13)3/h5-8,15H,4H2,1-3H3. The average Bonchev–Trinajstić information content (AvgIpc) is 2.72. The summed E-state index contributed by atoms with van der Waals surface area (Å²) in [6, 6.07) is 7.31. The van der Waals surface area contributed by atoms with Gasteiger partial charge in [0.05, 0.1) is 5.69 Å². The van der Waals surface area contributed by atoms with Crippen LogP contribution in [-0.4, -0.2) is 19.3 Å². The molecule has 0 aliphatic heterocycles. The predicted molar refractivity (Wildman–Crippen MR) is 79.6 cm³/mol. The van der Waals surface area contributed by atoms with Crippen molar-refractivity contribution in [1.82, 2.24) is 5.16 Å². The van der Waals surface area contributed by atoms with Crippen LogP contribution in [-0.2, 0) is 10.0 Å². The zero-order valence-corrected chi connectivity index (χ0v) is 13.1. The Hall–Kier alpha value is -1.47. The minimum Gasteiger partial charge on any atom is -0.360 e. The van der Waals surface area contributed by atoms with E-state index in [9.17, 15) is 8.42 Å². The largest absolute Gasteiger partial charge is 0.360 e. The van der Waals surface area contributed by atoms with E-state index in [4.69, 9.17) is 4.52 Å². The number of sulfonamides is 1. The Morgan fingerprint density at radius 2 is 2.00 bits per heavy atom. The molecule has 7 heteroatoms. The maximum absolute atomic E-state index is 12.4. The van der Waals surface area contributed by atoms with Crippen molar-refractivity contribution in [2.75, 3.05) is 10.5 Å². The van der Waals surface area contributed by atoms with Crippen molar-refractivity contribution in [3.05, 3.63) is 35.7 Å². The highest BCUT2D eigenvalue weighted by Gasteiger charge is 2.24. The lowest BCUT2D eigenvalue weighted by Crippen LogP contribution is -2.15. The van der Waals surface area contributed by atoms with Gasteiger partial charge in [0.2, 0.25) is 0 Å². The van der Waals surface area contributed by atoms with Gasteiger partial charge in [-0.2, -0.15) is 0 Å². The van der Waals surface area contributed by atoms with E-state index in [1.54, 1.807) is 37.7 Å². The number of aromatic nitrogens is 1. The number of aryl methyl sites for hydroxylation is 2. The molecular weight excluding hydrogens is 296 g/mol. The number of benzene rings is 1. The van der Waals surface area contributed by atoms with Crippen molar-refractivity contribution in [3.63, 3.8) is 0 Å². The van der Waals surface area contributed by atoms with Crippen molar-refractivity contribution >= 4 is 27.5 Å². The Morgan fingerprint density at radius 1 is 1.30 bits per heavy atom. The third-order valence-electron chi connectivity index (χ3n) is 2.67. The Morgan fingerprint density at radius 3 is 2.60 bits per heavy atom. The number of anilines is 1. The van der Waals surface area contributed by atoms with E-state index in [0.29, 0.717) is 11.4 Å². The van der Waals surface area contributed by atoms with Crippen molar-refractivity contribution in [2.45, 2.75) is 30.6 Å². The minimum absolute atomic E-state index is 0.105. The summed E-state index contributed by atoms with van der Waals surface area (Å²) in [5.74, 6) is 1.15. The molecule has 1 aromatic carbocycles. The van der Waals surface area contributed by atoms with Crippen LogP contribution in [0.3, 0.4) is 0 Å². The number of rotatable bonds is 5. The molecule has 108 valence electrons. The lowest BCUT2D eigenvalue weighted by molar-refractivity contribution is 0.390. The molecule has 0 bridgehead atoms. The van der Waals surface area contributed by atoms with E-state index in [1.807, 2.05) is 19.1 Å². The van der Waals surface area contributed by atoms with Crippen LogP contribution in [0, 0.1) is 13.8 Å². The van der Waals surface area contributed by atoms with Gasteiger partial charge in [-0.1, -0.05) is 24.2 Å². The summed E-state index contributed by atoms with van der Waals surface area (Å²) in [7, 11) is -3.69. The van der Waals surface area contributed by atoms with Crippen LogP contribution in [0.15, 0.2) is 38.6 Å². The molecule has 1 heterocycles. The van der Waals surface area contributed by atoms with Crippen LogP contribution in [0.4, 0.5) is 5.69 Å². The van der Waals surface area contributed by atoms with Gasteiger partial charge in [0.1, 0.15) is 5.69 Å². The topological polar surface area (TPSA) is 72.2 Å². The molecule has 5 nitrogen and oxygen atoms in total. The monoisotopic (exact) mass is 312 g/mol. The second-order valence-corrected chi connectivity index (χ2v) is 7.11. The number of thioether (sulfide) groups is 1. The first-order valence-electron chi connectivity index (χ1n) is 6.13. The molecule has 0 aliphatic rings. The Labute approximate surface area is 122 Å². The van der Waals surface area contributed by atoms with E-state index in [2.05, 4.69) is 9.88 Å². The highest BCUT2D eigenvalue weighted by atomic mass is 32.2. The third kappa shape index (κ3) is 2.99. The van der Waals surface area contributed by atoms with Gasteiger partial charge < -0.3 is 4.52 Å². The molecule has 20 heavy (non-hydrogen) atoms. The number of para-hydroxylation sites is 1.